The fraction of sp³-hybridized carbons (Fsp3) is 0.476. The minimum absolute atomic E-state index is 0.139. The summed E-state index contributed by atoms with van der Waals surface area (Å²) in [5.41, 5.74) is 1.36. The molecule has 2 N–H and O–H groups in total. The molecule has 0 atom stereocenters. The van der Waals surface area contributed by atoms with Crippen LogP contribution in [0.2, 0.25) is 0 Å². The lowest BCUT2D eigenvalue weighted by atomic mass is 10.1. The van der Waals surface area contributed by atoms with E-state index in [1.54, 1.807) is 19.1 Å². The summed E-state index contributed by atoms with van der Waals surface area (Å²) in [5.74, 6) is 1.48. The predicted octanol–water partition coefficient (Wildman–Crippen LogP) is 2.17. The number of rotatable bonds is 5. The number of methoxy groups -OCH3 is 1. The fourth-order valence-corrected chi connectivity index (χ4v) is 2.94. The smallest absolute Gasteiger partial charge is 0.410 e. The van der Waals surface area contributed by atoms with Crippen molar-refractivity contribution in [3.63, 3.8) is 0 Å². The highest BCUT2D eigenvalue weighted by Crippen LogP contribution is 2.16. The van der Waals surface area contributed by atoms with Gasteiger partial charge in [0.25, 0.3) is 0 Å². The molecule has 1 amide bonds. The van der Waals surface area contributed by atoms with E-state index >= 15 is 0 Å². The van der Waals surface area contributed by atoms with Crippen molar-refractivity contribution in [3.8, 4) is 11.4 Å². The molecule has 3 rings (SSSR count). The van der Waals surface area contributed by atoms with E-state index in [0.717, 1.165) is 17.1 Å². The van der Waals surface area contributed by atoms with Crippen molar-refractivity contribution in [2.24, 2.45) is 4.99 Å². The number of nitrogens with zero attached hydrogens (tertiary/aromatic N) is 4. The first kappa shape index (κ1) is 21.5. The summed E-state index contributed by atoms with van der Waals surface area (Å²) in [7, 11) is 3.36. The molecule has 30 heavy (non-hydrogen) atoms. The maximum Gasteiger partial charge on any atom is 0.410 e. The molecular weight excluding hydrogens is 384 g/mol. The lowest BCUT2D eigenvalue weighted by Gasteiger charge is -2.40. The van der Waals surface area contributed by atoms with Crippen LogP contribution in [0.15, 0.2) is 41.5 Å². The number of aliphatic imine (C=N–C) groups is 1. The van der Waals surface area contributed by atoms with Crippen molar-refractivity contribution < 1.29 is 14.3 Å². The van der Waals surface area contributed by atoms with E-state index in [0.29, 0.717) is 25.6 Å². The first-order chi connectivity index (χ1) is 14.3. The average molecular weight is 415 g/mol. The van der Waals surface area contributed by atoms with Gasteiger partial charge in [0.1, 0.15) is 11.4 Å². The Morgan fingerprint density at radius 3 is 2.53 bits per heavy atom. The summed E-state index contributed by atoms with van der Waals surface area (Å²) in [6, 6.07) is 9.81. The van der Waals surface area contributed by atoms with Gasteiger partial charge in [0.2, 0.25) is 0 Å². The highest BCUT2D eigenvalue weighted by Gasteiger charge is 2.34. The standard InChI is InChI=1S/C21H30N6O3/c1-21(2,3)30-20(28)26-13-16(14-26)24-19(22-4)23-12-15-10-11-27(25-15)17-6-8-18(29-5)9-7-17/h6-11,16H,12-14H2,1-5H3,(H2,22,23,24). The summed E-state index contributed by atoms with van der Waals surface area (Å²) in [5, 5.41) is 11.2. The minimum Gasteiger partial charge on any atom is -0.497 e. The third-order valence-electron chi connectivity index (χ3n) is 4.52. The van der Waals surface area contributed by atoms with Gasteiger partial charge in [-0.3, -0.25) is 4.99 Å². The lowest BCUT2D eigenvalue weighted by Crippen LogP contribution is -2.63. The Bertz CT molecular complexity index is 879. The Balaban J connectivity index is 1.45. The SMILES string of the molecule is CN=C(NCc1ccn(-c2ccc(OC)cc2)n1)NC1CN(C(=O)OC(C)(C)C)C1. The molecule has 1 saturated heterocycles. The van der Waals surface area contributed by atoms with Crippen molar-refractivity contribution in [1.82, 2.24) is 25.3 Å². The average Bonchev–Trinajstić information content (AvgIpc) is 3.14. The number of hydrogen-bond donors (Lipinski definition) is 2. The number of carbonyl (C=O) groups is 1. The summed E-state index contributed by atoms with van der Waals surface area (Å²) in [4.78, 5) is 17.9. The van der Waals surface area contributed by atoms with Crippen molar-refractivity contribution in [2.75, 3.05) is 27.2 Å². The van der Waals surface area contributed by atoms with Crippen LogP contribution >= 0.6 is 0 Å². The number of carbonyl (C=O) groups excluding carboxylic acids is 1. The zero-order valence-electron chi connectivity index (χ0n) is 18.2. The molecule has 9 heteroatoms. The molecule has 0 spiro atoms. The van der Waals surface area contributed by atoms with Crippen LogP contribution in [0.1, 0.15) is 26.5 Å². The Morgan fingerprint density at radius 1 is 1.23 bits per heavy atom. The van der Waals surface area contributed by atoms with Crippen LogP contribution in [0.4, 0.5) is 4.79 Å². The van der Waals surface area contributed by atoms with Gasteiger partial charge in [0, 0.05) is 26.3 Å². The van der Waals surface area contributed by atoms with E-state index < -0.39 is 5.60 Å². The van der Waals surface area contributed by atoms with Crippen LogP contribution < -0.4 is 15.4 Å². The highest BCUT2D eigenvalue weighted by molar-refractivity contribution is 5.80. The molecule has 9 nitrogen and oxygen atoms in total. The topological polar surface area (TPSA) is 93.0 Å². The van der Waals surface area contributed by atoms with Gasteiger partial charge in [-0.1, -0.05) is 0 Å². The van der Waals surface area contributed by atoms with Crippen molar-refractivity contribution in [2.45, 2.75) is 39.0 Å². The zero-order valence-corrected chi connectivity index (χ0v) is 18.2. The van der Waals surface area contributed by atoms with Gasteiger partial charge in [0.05, 0.1) is 31.1 Å². The monoisotopic (exact) mass is 414 g/mol. The number of nitrogens with one attached hydrogen (secondary N) is 2. The predicted molar refractivity (Wildman–Crippen MR) is 115 cm³/mol. The van der Waals surface area contributed by atoms with Gasteiger partial charge in [0.15, 0.2) is 5.96 Å². The number of guanidine groups is 1. The van der Waals surface area contributed by atoms with Crippen LogP contribution in [-0.2, 0) is 11.3 Å². The van der Waals surface area contributed by atoms with Crippen LogP contribution in [0.3, 0.4) is 0 Å². The van der Waals surface area contributed by atoms with Gasteiger partial charge in [-0.05, 0) is 51.1 Å². The number of likely N-dealkylation sites (tertiary alicyclic amines) is 1. The molecule has 0 unspecified atom stereocenters. The zero-order chi connectivity index (χ0) is 21.7. The quantitative estimate of drug-likeness (QED) is 0.575. The third kappa shape index (κ3) is 5.65. The van der Waals surface area contributed by atoms with Crippen LogP contribution in [-0.4, -0.2) is 65.6 Å². The molecule has 1 aliphatic heterocycles. The first-order valence-corrected chi connectivity index (χ1v) is 9.91. The molecular formula is C21H30N6O3. The van der Waals surface area contributed by atoms with E-state index in [1.807, 2.05) is 62.0 Å². The molecule has 0 aliphatic carbocycles. The second-order valence-corrected chi connectivity index (χ2v) is 8.10. The lowest BCUT2D eigenvalue weighted by molar-refractivity contribution is 0.00701. The Labute approximate surface area is 177 Å². The normalized spacial score (nSPS) is 14.8. The number of hydrogen-bond acceptors (Lipinski definition) is 5. The molecule has 1 aromatic heterocycles. The summed E-state index contributed by atoms with van der Waals surface area (Å²) in [6.07, 6.45) is 1.63. The van der Waals surface area contributed by atoms with Crippen molar-refractivity contribution in [3.05, 3.63) is 42.2 Å². The maximum absolute atomic E-state index is 12.0. The van der Waals surface area contributed by atoms with E-state index in [2.05, 4.69) is 20.7 Å². The third-order valence-corrected chi connectivity index (χ3v) is 4.52. The minimum atomic E-state index is -0.484. The van der Waals surface area contributed by atoms with Gasteiger partial charge in [-0.2, -0.15) is 5.10 Å². The highest BCUT2D eigenvalue weighted by atomic mass is 16.6. The Hall–Kier alpha value is -3.23. The van der Waals surface area contributed by atoms with Gasteiger partial charge in [-0.15, -0.1) is 0 Å². The van der Waals surface area contributed by atoms with Gasteiger partial charge < -0.3 is 25.0 Å². The van der Waals surface area contributed by atoms with Crippen LogP contribution in [0.25, 0.3) is 5.69 Å². The van der Waals surface area contributed by atoms with Crippen molar-refractivity contribution in [1.29, 1.82) is 0 Å². The number of ether oxygens (including phenoxy) is 2. The number of aromatic nitrogens is 2. The van der Waals surface area contributed by atoms with E-state index in [4.69, 9.17) is 9.47 Å². The van der Waals surface area contributed by atoms with E-state index in [-0.39, 0.29) is 12.1 Å². The molecule has 2 heterocycles. The van der Waals surface area contributed by atoms with Crippen molar-refractivity contribution >= 4 is 12.1 Å². The summed E-state index contributed by atoms with van der Waals surface area (Å²) < 4.78 is 12.4. The maximum atomic E-state index is 12.0. The Kier molecular flexibility index (Phi) is 6.49. The van der Waals surface area contributed by atoms with Gasteiger partial charge in [-0.25, -0.2) is 9.48 Å². The number of benzene rings is 1. The molecule has 1 fully saturated rings. The fourth-order valence-electron chi connectivity index (χ4n) is 2.94. The van der Waals surface area contributed by atoms with E-state index in [1.165, 1.54) is 0 Å². The molecule has 1 aromatic carbocycles. The first-order valence-electron chi connectivity index (χ1n) is 9.91. The summed E-state index contributed by atoms with van der Waals surface area (Å²) in [6.45, 7) is 7.29. The number of amides is 1. The molecule has 0 saturated carbocycles. The molecule has 162 valence electrons. The Morgan fingerprint density at radius 2 is 1.93 bits per heavy atom. The summed E-state index contributed by atoms with van der Waals surface area (Å²) >= 11 is 0. The second kappa shape index (κ2) is 9.06. The molecule has 0 bridgehead atoms. The second-order valence-electron chi connectivity index (χ2n) is 8.10. The van der Waals surface area contributed by atoms with Crippen LogP contribution in [0.5, 0.6) is 5.75 Å². The largest absolute Gasteiger partial charge is 0.497 e. The molecule has 0 radical (unpaired) electrons. The molecule has 2 aromatic rings. The van der Waals surface area contributed by atoms with Crippen LogP contribution in [0, 0.1) is 0 Å². The van der Waals surface area contributed by atoms with E-state index in [9.17, 15) is 4.79 Å². The van der Waals surface area contributed by atoms with Gasteiger partial charge >= 0.3 is 6.09 Å². The molecule has 1 aliphatic rings.